The SMILES string of the molecule is CCC(C)NC(=O)Cn1cnc2sc3c(c2c1=O)CCCC3. The van der Waals surface area contributed by atoms with Crippen molar-refractivity contribution in [2.24, 2.45) is 0 Å². The zero-order chi connectivity index (χ0) is 15.7. The molecule has 1 amide bonds. The van der Waals surface area contributed by atoms with Gasteiger partial charge in [-0.3, -0.25) is 14.2 Å². The van der Waals surface area contributed by atoms with E-state index in [0.29, 0.717) is 0 Å². The Morgan fingerprint density at radius 2 is 2.23 bits per heavy atom. The van der Waals surface area contributed by atoms with E-state index in [9.17, 15) is 9.59 Å². The maximum absolute atomic E-state index is 12.7. The summed E-state index contributed by atoms with van der Waals surface area (Å²) in [7, 11) is 0. The largest absolute Gasteiger partial charge is 0.352 e. The van der Waals surface area contributed by atoms with Gasteiger partial charge in [-0.1, -0.05) is 6.92 Å². The summed E-state index contributed by atoms with van der Waals surface area (Å²) in [4.78, 5) is 31.2. The number of fused-ring (bicyclic) bond motifs is 3. The lowest BCUT2D eigenvalue weighted by Gasteiger charge is -2.12. The minimum absolute atomic E-state index is 0.0384. The number of hydrogen-bond acceptors (Lipinski definition) is 4. The number of thiophene rings is 1. The van der Waals surface area contributed by atoms with Crippen LogP contribution in [0.5, 0.6) is 0 Å². The molecule has 5 nitrogen and oxygen atoms in total. The molecule has 1 atom stereocenters. The molecule has 1 aliphatic rings. The molecule has 6 heteroatoms. The molecule has 2 heterocycles. The molecule has 0 radical (unpaired) electrons. The summed E-state index contributed by atoms with van der Waals surface area (Å²) in [5.41, 5.74) is 1.09. The maximum atomic E-state index is 12.7. The van der Waals surface area contributed by atoms with E-state index in [1.807, 2.05) is 13.8 Å². The lowest BCUT2D eigenvalue weighted by molar-refractivity contribution is -0.122. The molecule has 118 valence electrons. The number of nitrogens with one attached hydrogen (secondary N) is 1. The van der Waals surface area contributed by atoms with Crippen molar-refractivity contribution >= 4 is 27.5 Å². The van der Waals surface area contributed by atoms with E-state index < -0.39 is 0 Å². The summed E-state index contributed by atoms with van der Waals surface area (Å²) >= 11 is 1.63. The van der Waals surface area contributed by atoms with Gasteiger partial charge in [0.05, 0.1) is 11.7 Å². The Morgan fingerprint density at radius 1 is 1.45 bits per heavy atom. The molecule has 0 aliphatic heterocycles. The van der Waals surface area contributed by atoms with Gasteiger partial charge in [-0.05, 0) is 44.6 Å². The third-order valence-electron chi connectivity index (χ3n) is 4.28. The smallest absolute Gasteiger partial charge is 0.262 e. The number of aromatic nitrogens is 2. The average Bonchev–Trinajstić information content (AvgIpc) is 2.89. The first-order valence-corrected chi connectivity index (χ1v) is 8.70. The first-order chi connectivity index (χ1) is 10.6. The summed E-state index contributed by atoms with van der Waals surface area (Å²) in [5.74, 6) is -0.137. The highest BCUT2D eigenvalue weighted by atomic mass is 32.1. The third kappa shape index (κ3) is 2.79. The lowest BCUT2D eigenvalue weighted by Crippen LogP contribution is -2.37. The monoisotopic (exact) mass is 319 g/mol. The Morgan fingerprint density at radius 3 is 3.00 bits per heavy atom. The van der Waals surface area contributed by atoms with Gasteiger partial charge in [-0.2, -0.15) is 0 Å². The van der Waals surface area contributed by atoms with E-state index >= 15 is 0 Å². The molecule has 0 saturated heterocycles. The molecule has 22 heavy (non-hydrogen) atoms. The van der Waals surface area contributed by atoms with E-state index in [2.05, 4.69) is 10.3 Å². The Bertz CT molecular complexity index is 763. The molecule has 3 rings (SSSR count). The highest BCUT2D eigenvalue weighted by Gasteiger charge is 2.20. The average molecular weight is 319 g/mol. The van der Waals surface area contributed by atoms with Crippen LogP contribution < -0.4 is 10.9 Å². The first kappa shape index (κ1) is 15.2. The third-order valence-corrected chi connectivity index (χ3v) is 5.48. The number of carbonyl (C=O) groups is 1. The van der Waals surface area contributed by atoms with Gasteiger partial charge >= 0.3 is 0 Å². The molecule has 2 aromatic rings. The van der Waals surface area contributed by atoms with Gasteiger partial charge in [0.1, 0.15) is 11.4 Å². The molecule has 1 unspecified atom stereocenters. The predicted molar refractivity (Wildman–Crippen MR) is 88.4 cm³/mol. The second kappa shape index (κ2) is 6.20. The van der Waals surface area contributed by atoms with Crippen LogP contribution in [0.2, 0.25) is 0 Å². The van der Waals surface area contributed by atoms with Crippen LogP contribution in [-0.2, 0) is 24.2 Å². The number of rotatable bonds is 4. The van der Waals surface area contributed by atoms with E-state index in [0.717, 1.165) is 35.9 Å². The molecule has 2 aromatic heterocycles. The lowest BCUT2D eigenvalue weighted by atomic mass is 9.97. The van der Waals surface area contributed by atoms with Crippen molar-refractivity contribution in [1.82, 2.24) is 14.9 Å². The van der Waals surface area contributed by atoms with Crippen LogP contribution >= 0.6 is 11.3 Å². The van der Waals surface area contributed by atoms with Crippen molar-refractivity contribution in [1.29, 1.82) is 0 Å². The Kier molecular flexibility index (Phi) is 4.29. The van der Waals surface area contributed by atoms with E-state index in [1.165, 1.54) is 27.8 Å². The van der Waals surface area contributed by atoms with Gasteiger partial charge in [0, 0.05) is 10.9 Å². The molecule has 0 fully saturated rings. The molecule has 0 spiro atoms. The van der Waals surface area contributed by atoms with Gasteiger partial charge in [0.15, 0.2) is 0 Å². The minimum atomic E-state index is -0.137. The van der Waals surface area contributed by atoms with E-state index in [1.54, 1.807) is 11.3 Å². The van der Waals surface area contributed by atoms with Gasteiger partial charge in [0.2, 0.25) is 5.91 Å². The topological polar surface area (TPSA) is 64.0 Å². The van der Waals surface area contributed by atoms with E-state index in [4.69, 9.17) is 0 Å². The summed E-state index contributed by atoms with van der Waals surface area (Å²) in [6, 6.07) is 0.119. The van der Waals surface area contributed by atoms with Crippen LogP contribution in [0.15, 0.2) is 11.1 Å². The van der Waals surface area contributed by atoms with Gasteiger partial charge < -0.3 is 5.32 Å². The second-order valence-electron chi connectivity index (χ2n) is 5.95. The summed E-state index contributed by atoms with van der Waals surface area (Å²) in [6.07, 6.45) is 6.69. The standard InChI is InChI=1S/C16H21N3O2S/c1-3-10(2)18-13(20)8-19-9-17-15-14(16(19)21)11-6-4-5-7-12(11)22-15/h9-10H,3-8H2,1-2H3,(H,18,20). The minimum Gasteiger partial charge on any atom is -0.352 e. The summed E-state index contributed by atoms with van der Waals surface area (Å²) in [5, 5.41) is 3.62. The molecule has 1 aliphatic carbocycles. The van der Waals surface area contributed by atoms with Crippen molar-refractivity contribution in [2.75, 3.05) is 0 Å². The first-order valence-electron chi connectivity index (χ1n) is 7.89. The number of hydrogen-bond donors (Lipinski definition) is 1. The number of nitrogens with zero attached hydrogens (tertiary/aromatic N) is 2. The predicted octanol–water partition coefficient (Wildman–Crippen LogP) is 2.25. The van der Waals surface area contributed by atoms with Crippen LogP contribution in [0.3, 0.4) is 0 Å². The van der Waals surface area contributed by atoms with Crippen molar-refractivity contribution in [3.8, 4) is 0 Å². The van der Waals surface area contributed by atoms with Gasteiger partial charge in [-0.15, -0.1) is 11.3 Å². The second-order valence-corrected chi connectivity index (χ2v) is 7.03. The summed E-state index contributed by atoms with van der Waals surface area (Å²) < 4.78 is 1.43. The molecule has 0 aromatic carbocycles. The molecule has 1 N–H and O–H groups in total. The van der Waals surface area contributed by atoms with Crippen molar-refractivity contribution in [3.05, 3.63) is 27.1 Å². The number of amides is 1. The van der Waals surface area contributed by atoms with Crippen molar-refractivity contribution in [3.63, 3.8) is 0 Å². The Labute approximate surface area is 133 Å². The zero-order valence-corrected chi connectivity index (χ0v) is 13.8. The quantitative estimate of drug-likeness (QED) is 0.940. The zero-order valence-electron chi connectivity index (χ0n) is 13.0. The summed E-state index contributed by atoms with van der Waals surface area (Å²) in [6.45, 7) is 4.01. The van der Waals surface area contributed by atoms with Crippen LogP contribution in [0.4, 0.5) is 0 Å². The normalized spacial score (nSPS) is 15.5. The van der Waals surface area contributed by atoms with Crippen LogP contribution in [0, 0.1) is 0 Å². The maximum Gasteiger partial charge on any atom is 0.262 e. The van der Waals surface area contributed by atoms with Gasteiger partial charge in [-0.25, -0.2) is 4.98 Å². The highest BCUT2D eigenvalue weighted by Crippen LogP contribution is 2.33. The fourth-order valence-corrected chi connectivity index (χ4v) is 4.09. The molecule has 0 bridgehead atoms. The van der Waals surface area contributed by atoms with E-state index in [-0.39, 0.29) is 24.1 Å². The highest BCUT2D eigenvalue weighted by molar-refractivity contribution is 7.18. The Balaban J connectivity index is 1.93. The molecular formula is C16H21N3O2S. The fourth-order valence-electron chi connectivity index (χ4n) is 2.87. The Hall–Kier alpha value is -1.69. The van der Waals surface area contributed by atoms with Crippen molar-refractivity contribution < 1.29 is 4.79 Å². The van der Waals surface area contributed by atoms with Gasteiger partial charge in [0.25, 0.3) is 5.56 Å². The number of carbonyl (C=O) groups excluding carboxylic acids is 1. The molecule has 0 saturated carbocycles. The van der Waals surface area contributed by atoms with Crippen LogP contribution in [-0.4, -0.2) is 21.5 Å². The number of aryl methyl sites for hydroxylation is 2. The van der Waals surface area contributed by atoms with Crippen LogP contribution in [0.1, 0.15) is 43.6 Å². The van der Waals surface area contributed by atoms with Crippen LogP contribution in [0.25, 0.3) is 10.2 Å². The fraction of sp³-hybridized carbons (Fsp3) is 0.562. The van der Waals surface area contributed by atoms with Crippen molar-refractivity contribution in [2.45, 2.75) is 58.5 Å². The molecular weight excluding hydrogens is 298 g/mol.